The summed E-state index contributed by atoms with van der Waals surface area (Å²) in [6.07, 6.45) is 0. The second kappa shape index (κ2) is 11.5. The molecule has 0 fully saturated rings. The van der Waals surface area contributed by atoms with Crippen LogP contribution in [0.3, 0.4) is 0 Å². The number of benzene rings is 9. The van der Waals surface area contributed by atoms with Gasteiger partial charge < -0.3 is 14.6 Å². The van der Waals surface area contributed by atoms with Crippen LogP contribution in [-0.4, -0.2) is 7.28 Å². The Kier molecular flexibility index (Phi) is 6.32. The SMILES string of the molecule is CC1(C)c2cccc3c2N2c4c(c(-c5cc(-c6ccccc6)ccc5Nc5cccc6c5oc5ccccc56)cc5c4C(C)(c4ccccc4-5)c4c2c1cc1ccccc41)[B]3. The van der Waals surface area contributed by atoms with Gasteiger partial charge in [0, 0.05) is 44.2 Å². The summed E-state index contributed by atoms with van der Waals surface area (Å²) < 4.78 is 6.59. The number of nitrogens with zero attached hydrogens (tertiary/aromatic N) is 1. The molecule has 3 aliphatic heterocycles. The first-order valence-electron chi connectivity index (χ1n) is 21.4. The van der Waals surface area contributed by atoms with Crippen LogP contribution in [0.15, 0.2) is 174 Å². The van der Waals surface area contributed by atoms with Gasteiger partial charge in [-0.05, 0) is 115 Å². The Morgan fingerprint density at radius 2 is 1.25 bits per heavy atom. The van der Waals surface area contributed by atoms with Crippen LogP contribution < -0.4 is 21.1 Å². The Bertz CT molecular complexity index is 3600. The van der Waals surface area contributed by atoms with Crippen LogP contribution >= 0.6 is 0 Å². The Labute approximate surface area is 355 Å². The summed E-state index contributed by atoms with van der Waals surface area (Å²) in [5.41, 5.74) is 23.9. The zero-order valence-electron chi connectivity index (χ0n) is 34.1. The van der Waals surface area contributed by atoms with Crippen molar-refractivity contribution in [1.82, 2.24) is 0 Å². The summed E-state index contributed by atoms with van der Waals surface area (Å²) in [5, 5.41) is 8.80. The van der Waals surface area contributed by atoms with Gasteiger partial charge in [0.2, 0.25) is 0 Å². The fourth-order valence-corrected chi connectivity index (χ4v) is 11.8. The van der Waals surface area contributed by atoms with Crippen LogP contribution in [0.4, 0.5) is 28.4 Å². The number of para-hydroxylation sites is 3. The van der Waals surface area contributed by atoms with Gasteiger partial charge in [-0.2, -0.15) is 0 Å². The lowest BCUT2D eigenvalue weighted by Gasteiger charge is -2.53. The maximum atomic E-state index is 6.59. The van der Waals surface area contributed by atoms with Crippen molar-refractivity contribution in [1.29, 1.82) is 0 Å². The van der Waals surface area contributed by atoms with Gasteiger partial charge in [-0.25, -0.2) is 0 Å². The molecule has 0 bridgehead atoms. The highest BCUT2D eigenvalue weighted by Crippen LogP contribution is 2.67. The summed E-state index contributed by atoms with van der Waals surface area (Å²) in [6.45, 7) is 7.37. The first-order valence-corrected chi connectivity index (χ1v) is 21.4. The minimum Gasteiger partial charge on any atom is -0.454 e. The molecule has 1 unspecified atom stereocenters. The van der Waals surface area contributed by atoms with Gasteiger partial charge in [0.15, 0.2) is 12.9 Å². The second-order valence-electron chi connectivity index (χ2n) is 18.0. The average Bonchev–Trinajstić information content (AvgIpc) is 3.81. The van der Waals surface area contributed by atoms with E-state index in [0.717, 1.165) is 38.9 Å². The third kappa shape index (κ3) is 4.15. The average molecular weight is 778 g/mol. The molecule has 4 heteroatoms. The third-order valence-electron chi connectivity index (χ3n) is 14.6. The molecule has 14 rings (SSSR count). The molecule has 1 radical (unpaired) electrons. The summed E-state index contributed by atoms with van der Waals surface area (Å²) >= 11 is 0. The highest BCUT2D eigenvalue weighted by Gasteiger charge is 2.55. The van der Waals surface area contributed by atoms with E-state index in [0.29, 0.717) is 0 Å². The second-order valence-corrected chi connectivity index (χ2v) is 18.0. The molecule has 0 saturated heterocycles. The van der Waals surface area contributed by atoms with E-state index in [1.54, 1.807) is 0 Å². The van der Waals surface area contributed by atoms with Crippen molar-refractivity contribution in [3.05, 3.63) is 198 Å². The van der Waals surface area contributed by atoms with Gasteiger partial charge in [0.05, 0.1) is 11.4 Å². The molecule has 285 valence electrons. The lowest BCUT2D eigenvalue weighted by atomic mass is 9.52. The number of hydrogen-bond donors (Lipinski definition) is 1. The maximum Gasteiger partial charge on any atom is 0.197 e. The Morgan fingerprint density at radius 3 is 2.15 bits per heavy atom. The minimum atomic E-state index is -0.381. The van der Waals surface area contributed by atoms with E-state index in [-0.39, 0.29) is 10.8 Å². The van der Waals surface area contributed by atoms with E-state index in [9.17, 15) is 0 Å². The standard InChI is InChI=1S/C57H38BN2O/c1-56(2)43-23-14-24-45-52(43)60-53-44(56)30-34-17-7-8-18-35(34)49(53)57(3)42-22-11-9-19-36(42)40-31-41(51(58-45)54(60)50(40)57)39-29-33(32-15-5-4-6-16-32)27-28-46(39)59-47-25-13-21-38-37-20-10-12-26-48(37)61-55(38)47/h4-31,59H,1-3H3. The number of rotatable bonds is 4. The Balaban J connectivity index is 1.11. The monoisotopic (exact) mass is 777 g/mol. The molecular formula is C57H38BN2O. The Hall–Kier alpha value is -7.30. The molecule has 0 saturated carbocycles. The predicted molar refractivity (Wildman–Crippen MR) is 255 cm³/mol. The number of nitrogens with one attached hydrogen (secondary N) is 1. The molecule has 0 spiro atoms. The molecule has 4 heterocycles. The highest BCUT2D eigenvalue weighted by atomic mass is 16.3. The maximum absolute atomic E-state index is 6.59. The van der Waals surface area contributed by atoms with Gasteiger partial charge in [0.1, 0.15) is 5.58 Å². The summed E-state index contributed by atoms with van der Waals surface area (Å²) in [6, 6.07) is 62.7. The smallest absolute Gasteiger partial charge is 0.197 e. The fraction of sp³-hybridized carbons (Fsp3) is 0.0877. The van der Waals surface area contributed by atoms with Crippen LogP contribution in [0.2, 0.25) is 0 Å². The van der Waals surface area contributed by atoms with E-state index >= 15 is 0 Å². The number of hydrogen-bond acceptors (Lipinski definition) is 3. The number of anilines is 5. The number of furan rings is 1. The van der Waals surface area contributed by atoms with Gasteiger partial charge in [0.25, 0.3) is 0 Å². The van der Waals surface area contributed by atoms with Gasteiger partial charge in [-0.15, -0.1) is 0 Å². The van der Waals surface area contributed by atoms with Crippen molar-refractivity contribution in [2.45, 2.75) is 31.6 Å². The molecule has 1 N–H and O–H groups in total. The van der Waals surface area contributed by atoms with Gasteiger partial charge >= 0.3 is 0 Å². The molecule has 0 amide bonds. The van der Waals surface area contributed by atoms with E-state index < -0.39 is 0 Å². The highest BCUT2D eigenvalue weighted by molar-refractivity contribution is 6.73. The van der Waals surface area contributed by atoms with Crippen molar-refractivity contribution in [3.63, 3.8) is 0 Å². The topological polar surface area (TPSA) is 28.4 Å². The normalized spacial score (nSPS) is 16.7. The molecule has 4 aliphatic rings. The van der Waals surface area contributed by atoms with Crippen molar-refractivity contribution in [3.8, 4) is 33.4 Å². The van der Waals surface area contributed by atoms with Crippen LogP contribution in [0, 0.1) is 0 Å². The van der Waals surface area contributed by atoms with Crippen LogP contribution in [-0.2, 0) is 10.8 Å². The van der Waals surface area contributed by atoms with Gasteiger partial charge in [-0.1, -0.05) is 153 Å². The summed E-state index contributed by atoms with van der Waals surface area (Å²) in [4.78, 5) is 2.70. The van der Waals surface area contributed by atoms with Crippen molar-refractivity contribution in [2.75, 3.05) is 10.2 Å². The first kappa shape index (κ1) is 33.5. The van der Waals surface area contributed by atoms with Crippen LogP contribution in [0.5, 0.6) is 0 Å². The fourth-order valence-electron chi connectivity index (χ4n) is 11.8. The number of fused-ring (bicyclic) bond motifs is 9. The lowest BCUT2D eigenvalue weighted by molar-refractivity contribution is 0.620. The molecule has 61 heavy (non-hydrogen) atoms. The summed E-state index contributed by atoms with van der Waals surface area (Å²) in [5.74, 6) is 0. The summed E-state index contributed by atoms with van der Waals surface area (Å²) in [7, 11) is 2.50. The minimum absolute atomic E-state index is 0.216. The third-order valence-corrected chi connectivity index (χ3v) is 14.6. The molecule has 10 aromatic rings. The van der Waals surface area contributed by atoms with Crippen molar-refractivity contribution >= 4 is 79.4 Å². The van der Waals surface area contributed by atoms with Crippen molar-refractivity contribution in [2.24, 2.45) is 0 Å². The quantitative estimate of drug-likeness (QED) is 0.180. The predicted octanol–water partition coefficient (Wildman–Crippen LogP) is 13.5. The molecule has 1 aliphatic carbocycles. The zero-order valence-corrected chi connectivity index (χ0v) is 34.1. The molecule has 3 nitrogen and oxygen atoms in total. The van der Waals surface area contributed by atoms with Crippen LogP contribution in [0.1, 0.15) is 48.6 Å². The molecular weight excluding hydrogens is 739 g/mol. The molecule has 1 aromatic heterocycles. The van der Waals surface area contributed by atoms with E-state index in [4.69, 9.17) is 4.42 Å². The van der Waals surface area contributed by atoms with E-state index in [1.807, 2.05) is 6.07 Å². The van der Waals surface area contributed by atoms with Crippen molar-refractivity contribution < 1.29 is 4.42 Å². The Morgan fingerprint density at radius 1 is 0.492 bits per heavy atom. The zero-order chi connectivity index (χ0) is 40.4. The van der Waals surface area contributed by atoms with E-state index in [1.165, 1.54) is 94.4 Å². The lowest BCUT2D eigenvalue weighted by Crippen LogP contribution is -2.49. The van der Waals surface area contributed by atoms with Crippen LogP contribution in [0.25, 0.3) is 66.1 Å². The van der Waals surface area contributed by atoms with E-state index in [2.05, 4.69) is 202 Å². The largest absolute Gasteiger partial charge is 0.454 e. The first-order chi connectivity index (χ1) is 29.9. The van der Waals surface area contributed by atoms with Gasteiger partial charge in [-0.3, -0.25) is 0 Å². The molecule has 9 aromatic carbocycles. The molecule has 1 atom stereocenters.